The van der Waals surface area contributed by atoms with Crippen molar-refractivity contribution < 1.29 is 9.90 Å². The van der Waals surface area contributed by atoms with Crippen LogP contribution in [0.25, 0.3) is 5.70 Å². The van der Waals surface area contributed by atoms with Gasteiger partial charge in [-0.05, 0) is 19.4 Å². The lowest BCUT2D eigenvalue weighted by molar-refractivity contribution is -0.132. The van der Waals surface area contributed by atoms with Crippen LogP contribution < -0.4 is 5.32 Å². The Kier molecular flexibility index (Phi) is 5.02. The lowest BCUT2D eigenvalue weighted by Crippen LogP contribution is -2.33. The molecule has 0 aliphatic carbocycles. The lowest BCUT2D eigenvalue weighted by Gasteiger charge is -2.25. The highest BCUT2D eigenvalue weighted by Gasteiger charge is 2.27. The predicted molar refractivity (Wildman–Crippen MR) is 85.6 cm³/mol. The number of hydrogen-bond acceptors (Lipinski definition) is 3. The molecule has 0 spiro atoms. The van der Waals surface area contributed by atoms with Crippen molar-refractivity contribution in [1.82, 2.24) is 5.32 Å². The highest BCUT2D eigenvalue weighted by atomic mass is 35.5. The van der Waals surface area contributed by atoms with Crippen LogP contribution in [0.2, 0.25) is 5.02 Å². The molecule has 1 heterocycles. The third kappa shape index (κ3) is 3.45. The molecule has 0 saturated heterocycles. The average Bonchev–Trinajstić information content (AvgIpc) is 2.44. The number of carboxylic acid groups (broad SMARTS) is 1. The van der Waals surface area contributed by atoms with Crippen molar-refractivity contribution in [3.8, 4) is 0 Å². The summed E-state index contributed by atoms with van der Waals surface area (Å²) in [7, 11) is 0. The number of hydrogen-bond donors (Lipinski definition) is 2. The maximum absolute atomic E-state index is 11.6. The first-order valence-electron chi connectivity index (χ1n) is 7.10. The SMILES string of the molecule is CCCCC1=NC(C)C(C(=O)O)=C(c2ccccc2Cl)N1. The van der Waals surface area contributed by atoms with Crippen LogP contribution in [0.5, 0.6) is 0 Å². The summed E-state index contributed by atoms with van der Waals surface area (Å²) in [5.74, 6) is -0.146. The molecule has 1 unspecified atom stereocenters. The Morgan fingerprint density at radius 1 is 1.43 bits per heavy atom. The minimum atomic E-state index is -0.969. The van der Waals surface area contributed by atoms with E-state index in [1.807, 2.05) is 18.2 Å². The Bertz CT molecular complexity index is 608. The summed E-state index contributed by atoms with van der Waals surface area (Å²) in [6.45, 7) is 3.91. The van der Waals surface area contributed by atoms with Crippen molar-refractivity contribution in [2.75, 3.05) is 0 Å². The zero-order valence-electron chi connectivity index (χ0n) is 12.2. The van der Waals surface area contributed by atoms with Crippen molar-refractivity contribution >= 4 is 29.1 Å². The van der Waals surface area contributed by atoms with Crippen LogP contribution in [0, 0.1) is 0 Å². The zero-order valence-corrected chi connectivity index (χ0v) is 12.9. The molecule has 0 bridgehead atoms. The van der Waals surface area contributed by atoms with Crippen LogP contribution >= 0.6 is 11.6 Å². The summed E-state index contributed by atoms with van der Waals surface area (Å²) < 4.78 is 0. The molecule has 112 valence electrons. The van der Waals surface area contributed by atoms with Gasteiger partial charge in [0.15, 0.2) is 0 Å². The van der Waals surface area contributed by atoms with Crippen LogP contribution in [-0.2, 0) is 4.79 Å². The first-order chi connectivity index (χ1) is 10.0. The molecule has 0 amide bonds. The van der Waals surface area contributed by atoms with Crippen LogP contribution in [0.1, 0.15) is 38.7 Å². The van der Waals surface area contributed by atoms with E-state index in [1.54, 1.807) is 13.0 Å². The van der Waals surface area contributed by atoms with Crippen molar-refractivity contribution in [3.63, 3.8) is 0 Å². The fraction of sp³-hybridized carbons (Fsp3) is 0.375. The molecule has 5 heteroatoms. The number of carbonyl (C=O) groups is 1. The first kappa shape index (κ1) is 15.6. The smallest absolute Gasteiger partial charge is 0.335 e. The van der Waals surface area contributed by atoms with E-state index < -0.39 is 5.97 Å². The van der Waals surface area contributed by atoms with Crippen molar-refractivity contribution in [2.45, 2.75) is 39.2 Å². The number of rotatable bonds is 5. The van der Waals surface area contributed by atoms with Crippen LogP contribution in [0.3, 0.4) is 0 Å². The van der Waals surface area contributed by atoms with Gasteiger partial charge in [-0.15, -0.1) is 0 Å². The molecule has 0 fully saturated rings. The third-order valence-electron chi connectivity index (χ3n) is 3.45. The summed E-state index contributed by atoms with van der Waals surface area (Å²) in [4.78, 5) is 16.0. The minimum absolute atomic E-state index is 0.253. The van der Waals surface area contributed by atoms with Crippen LogP contribution in [0.4, 0.5) is 0 Å². The second-order valence-corrected chi connectivity index (χ2v) is 5.46. The maximum atomic E-state index is 11.6. The van der Waals surface area contributed by atoms with Gasteiger partial charge in [-0.25, -0.2) is 4.79 Å². The van der Waals surface area contributed by atoms with Gasteiger partial charge in [0, 0.05) is 17.0 Å². The minimum Gasteiger partial charge on any atom is -0.478 e. The number of nitrogens with zero attached hydrogens (tertiary/aromatic N) is 1. The number of carboxylic acids is 1. The van der Waals surface area contributed by atoms with Gasteiger partial charge in [-0.3, -0.25) is 4.99 Å². The van der Waals surface area contributed by atoms with E-state index in [1.165, 1.54) is 0 Å². The molecule has 1 aliphatic heterocycles. The summed E-state index contributed by atoms with van der Waals surface area (Å²) in [6.07, 6.45) is 2.88. The second-order valence-electron chi connectivity index (χ2n) is 5.05. The molecule has 1 aromatic rings. The Labute approximate surface area is 129 Å². The number of aliphatic carboxylic acids is 1. The number of nitrogens with one attached hydrogen (secondary N) is 1. The van der Waals surface area contributed by atoms with Gasteiger partial charge in [0.25, 0.3) is 0 Å². The van der Waals surface area contributed by atoms with Gasteiger partial charge in [-0.2, -0.15) is 0 Å². The topological polar surface area (TPSA) is 61.7 Å². The van der Waals surface area contributed by atoms with E-state index in [0.29, 0.717) is 16.3 Å². The van der Waals surface area contributed by atoms with E-state index in [0.717, 1.165) is 25.1 Å². The summed E-state index contributed by atoms with van der Waals surface area (Å²) in [6, 6.07) is 6.86. The lowest BCUT2D eigenvalue weighted by atomic mass is 9.99. The Hall–Kier alpha value is -1.81. The summed E-state index contributed by atoms with van der Waals surface area (Å²) >= 11 is 6.22. The highest BCUT2D eigenvalue weighted by molar-refractivity contribution is 6.32. The van der Waals surface area contributed by atoms with Crippen molar-refractivity contribution in [1.29, 1.82) is 0 Å². The van der Waals surface area contributed by atoms with Crippen LogP contribution in [-0.4, -0.2) is 23.0 Å². The Morgan fingerprint density at radius 3 is 2.76 bits per heavy atom. The molecule has 0 saturated carbocycles. The standard InChI is InChI=1S/C16H19ClN2O2/c1-3-4-9-13-18-10(2)14(16(20)21)15(19-13)11-7-5-6-8-12(11)17/h5-8,10H,3-4,9H2,1-2H3,(H,18,19)(H,20,21). The fourth-order valence-electron chi connectivity index (χ4n) is 2.38. The second kappa shape index (κ2) is 6.76. The predicted octanol–water partition coefficient (Wildman–Crippen LogP) is 3.72. The summed E-state index contributed by atoms with van der Waals surface area (Å²) in [5, 5.41) is 13.2. The molecule has 1 aliphatic rings. The maximum Gasteiger partial charge on any atom is 0.335 e. The molecular weight excluding hydrogens is 288 g/mol. The van der Waals surface area contributed by atoms with E-state index in [-0.39, 0.29) is 11.6 Å². The molecule has 21 heavy (non-hydrogen) atoms. The highest BCUT2D eigenvalue weighted by Crippen LogP contribution is 2.29. The quantitative estimate of drug-likeness (QED) is 0.871. The van der Waals surface area contributed by atoms with Gasteiger partial charge in [-0.1, -0.05) is 43.1 Å². The van der Waals surface area contributed by atoms with Crippen LogP contribution in [0.15, 0.2) is 34.8 Å². The normalized spacial score (nSPS) is 18.2. The molecule has 1 atom stereocenters. The van der Waals surface area contributed by atoms with Gasteiger partial charge in [0.05, 0.1) is 17.3 Å². The number of benzene rings is 1. The molecular formula is C16H19ClN2O2. The molecule has 0 aromatic heterocycles. The zero-order chi connectivity index (χ0) is 15.4. The largest absolute Gasteiger partial charge is 0.478 e. The van der Waals surface area contributed by atoms with Crippen molar-refractivity contribution in [2.24, 2.45) is 4.99 Å². The van der Waals surface area contributed by atoms with Crippen molar-refractivity contribution in [3.05, 3.63) is 40.4 Å². The van der Waals surface area contributed by atoms with Gasteiger partial charge < -0.3 is 10.4 Å². The number of aliphatic imine (C=N–C) groups is 1. The van der Waals surface area contributed by atoms with E-state index in [2.05, 4.69) is 17.2 Å². The molecule has 0 radical (unpaired) electrons. The Morgan fingerprint density at radius 2 is 2.14 bits per heavy atom. The molecule has 1 aromatic carbocycles. The van der Waals surface area contributed by atoms with Gasteiger partial charge in [0.2, 0.25) is 0 Å². The number of halogens is 1. The molecule has 4 nitrogen and oxygen atoms in total. The van der Waals surface area contributed by atoms with E-state index in [9.17, 15) is 9.90 Å². The monoisotopic (exact) mass is 306 g/mol. The van der Waals surface area contributed by atoms with E-state index in [4.69, 9.17) is 11.6 Å². The Balaban J connectivity index is 2.44. The fourth-order valence-corrected chi connectivity index (χ4v) is 2.61. The molecule has 2 rings (SSSR count). The van der Waals surface area contributed by atoms with Gasteiger partial charge in [0.1, 0.15) is 5.84 Å². The number of amidine groups is 1. The van der Waals surface area contributed by atoms with Gasteiger partial charge >= 0.3 is 5.97 Å². The van der Waals surface area contributed by atoms with E-state index >= 15 is 0 Å². The molecule has 2 N–H and O–H groups in total. The number of unbranched alkanes of at least 4 members (excludes halogenated alkanes) is 1. The first-order valence-corrected chi connectivity index (χ1v) is 7.48. The average molecular weight is 307 g/mol. The summed E-state index contributed by atoms with van der Waals surface area (Å²) in [5.41, 5.74) is 1.51. The third-order valence-corrected chi connectivity index (χ3v) is 3.78.